The van der Waals surface area contributed by atoms with Crippen LogP contribution in [0.2, 0.25) is 0 Å². The number of benzene rings is 2. The fourth-order valence-corrected chi connectivity index (χ4v) is 3.62. The number of amides is 3. The third kappa shape index (κ3) is 9.57. The van der Waals surface area contributed by atoms with Crippen molar-refractivity contribution < 1.29 is 48.0 Å². The number of guanidine groups is 1. The van der Waals surface area contributed by atoms with Crippen LogP contribution in [0.3, 0.4) is 0 Å². The van der Waals surface area contributed by atoms with Crippen LogP contribution in [0.1, 0.15) is 47.9 Å². The molecule has 2 N–H and O–H groups in total. The smallest absolute Gasteiger partial charge is 0.444 e. The fourth-order valence-electron chi connectivity index (χ4n) is 3.62. The molecule has 1 saturated heterocycles. The zero-order chi connectivity index (χ0) is 32.6. The lowest BCUT2D eigenvalue weighted by atomic mass is 10.2. The molecule has 0 bridgehead atoms. The molecular formula is C26H26N6O12. The second-order valence-electron chi connectivity index (χ2n) is 10.1. The van der Waals surface area contributed by atoms with Gasteiger partial charge in [-0.3, -0.25) is 25.5 Å². The number of likely N-dealkylation sites (tertiary alicyclic amines) is 1. The summed E-state index contributed by atoms with van der Waals surface area (Å²) in [5.74, 6) is -3.01. The van der Waals surface area contributed by atoms with Crippen LogP contribution in [0.5, 0.6) is 0 Å². The molecule has 1 heterocycles. The third-order valence-corrected chi connectivity index (χ3v) is 5.60. The van der Waals surface area contributed by atoms with E-state index < -0.39 is 57.7 Å². The first kappa shape index (κ1) is 32.6. The summed E-state index contributed by atoms with van der Waals surface area (Å²) in [5.41, 5.74) is -1.77. The van der Waals surface area contributed by atoms with Crippen LogP contribution in [-0.4, -0.2) is 75.7 Å². The highest BCUT2D eigenvalue weighted by Crippen LogP contribution is 2.16. The molecule has 2 aromatic rings. The van der Waals surface area contributed by atoms with Crippen molar-refractivity contribution in [3.63, 3.8) is 0 Å². The molecule has 0 aromatic heterocycles. The van der Waals surface area contributed by atoms with E-state index in [1.165, 1.54) is 4.90 Å². The molecule has 232 valence electrons. The first-order valence-corrected chi connectivity index (χ1v) is 12.7. The molecule has 2 aromatic carbocycles. The maximum atomic E-state index is 12.5. The molecule has 1 aliphatic rings. The Bertz CT molecular complexity index is 1500. The van der Waals surface area contributed by atoms with Gasteiger partial charge in [-0.1, -0.05) is 0 Å². The Labute approximate surface area is 248 Å². The van der Waals surface area contributed by atoms with E-state index in [0.29, 0.717) is 6.42 Å². The molecule has 0 saturated carbocycles. The highest BCUT2D eigenvalue weighted by molar-refractivity contribution is 6.05. The zero-order valence-electron chi connectivity index (χ0n) is 23.5. The number of esters is 2. The third-order valence-electron chi connectivity index (χ3n) is 5.60. The van der Waals surface area contributed by atoms with Crippen LogP contribution >= 0.6 is 0 Å². The summed E-state index contributed by atoms with van der Waals surface area (Å²) in [7, 11) is 0. The Morgan fingerprint density at radius 2 is 1.36 bits per heavy atom. The maximum absolute atomic E-state index is 12.5. The molecule has 18 nitrogen and oxygen atoms in total. The Morgan fingerprint density at radius 3 is 1.84 bits per heavy atom. The van der Waals surface area contributed by atoms with Crippen LogP contribution in [0.15, 0.2) is 53.5 Å². The van der Waals surface area contributed by atoms with E-state index in [1.807, 2.05) is 5.32 Å². The summed E-state index contributed by atoms with van der Waals surface area (Å²) in [6.45, 7) is 5.38. The second kappa shape index (κ2) is 13.8. The topological polar surface area (TPSA) is 239 Å². The average Bonchev–Trinajstić information content (AvgIpc) is 3.40. The predicted molar refractivity (Wildman–Crippen MR) is 148 cm³/mol. The van der Waals surface area contributed by atoms with E-state index in [4.69, 9.17) is 4.74 Å². The molecule has 0 aliphatic carbocycles. The largest absolute Gasteiger partial charge is 0.444 e. The Kier molecular flexibility index (Phi) is 10.2. The number of nitrogens with one attached hydrogen (secondary N) is 2. The van der Waals surface area contributed by atoms with Gasteiger partial charge in [0.25, 0.3) is 11.4 Å². The molecule has 1 fully saturated rings. The van der Waals surface area contributed by atoms with Gasteiger partial charge in [-0.2, -0.15) is 0 Å². The molecule has 44 heavy (non-hydrogen) atoms. The molecule has 0 spiro atoms. The summed E-state index contributed by atoms with van der Waals surface area (Å²) in [6, 6.07) is 7.73. The van der Waals surface area contributed by atoms with Crippen LogP contribution < -0.4 is 10.6 Å². The van der Waals surface area contributed by atoms with Crippen LogP contribution in [0.25, 0.3) is 0 Å². The van der Waals surface area contributed by atoms with E-state index in [2.05, 4.69) is 19.8 Å². The number of hydrogen-bond acceptors (Lipinski definition) is 12. The predicted octanol–water partition coefficient (Wildman–Crippen LogP) is 3.30. The Hall–Kier alpha value is -5.94. The lowest BCUT2D eigenvalue weighted by Gasteiger charge is -2.24. The minimum absolute atomic E-state index is 0.0587. The summed E-state index contributed by atoms with van der Waals surface area (Å²) in [5, 5.41) is 26.4. The van der Waals surface area contributed by atoms with Crippen molar-refractivity contribution in [1.29, 1.82) is 0 Å². The SMILES string of the molecule is CC(C)(C)OC(=O)N1CC[C@@H](NC(=NC(=O)OC(=O)c2ccc([N+](=O)[O-])cc2)NC(=O)OC(=O)c2ccc([N+](=O)[O-])cc2)C1. The van der Waals surface area contributed by atoms with Crippen molar-refractivity contribution >= 4 is 47.6 Å². The summed E-state index contributed by atoms with van der Waals surface area (Å²) < 4.78 is 14.6. The van der Waals surface area contributed by atoms with Gasteiger partial charge in [-0.25, -0.2) is 24.0 Å². The van der Waals surface area contributed by atoms with Gasteiger partial charge in [0.05, 0.1) is 21.0 Å². The van der Waals surface area contributed by atoms with Gasteiger partial charge < -0.3 is 24.4 Å². The first-order valence-electron chi connectivity index (χ1n) is 12.7. The molecule has 3 amide bonds. The van der Waals surface area contributed by atoms with Gasteiger partial charge in [0.2, 0.25) is 5.96 Å². The minimum atomic E-state index is -1.51. The quantitative estimate of drug-likeness (QED) is 0.0935. The van der Waals surface area contributed by atoms with E-state index >= 15 is 0 Å². The number of hydrogen-bond donors (Lipinski definition) is 2. The standard InChI is InChI=1S/C26H26N6O12/c1-26(2,3)44-25(37)30-13-12-17(14-30)27-22(28-23(35)42-20(33)15-4-8-18(9-5-15)31(38)39)29-24(36)43-21(34)16-6-10-19(11-7-16)32(40)41/h4-11,17H,12-14H2,1-3H3,(H2,27,28,29,35,36)/t17-/m1/s1. The summed E-state index contributed by atoms with van der Waals surface area (Å²) in [4.78, 5) is 87.1. The number of non-ortho nitro benzene ring substituents is 2. The molecule has 3 rings (SSSR count). The second-order valence-corrected chi connectivity index (χ2v) is 10.1. The van der Waals surface area contributed by atoms with Gasteiger partial charge in [-0.15, -0.1) is 4.99 Å². The highest BCUT2D eigenvalue weighted by Gasteiger charge is 2.31. The van der Waals surface area contributed by atoms with Gasteiger partial charge in [0.15, 0.2) is 0 Å². The van der Waals surface area contributed by atoms with Crippen LogP contribution in [0, 0.1) is 20.2 Å². The van der Waals surface area contributed by atoms with Gasteiger partial charge in [0.1, 0.15) is 5.60 Å². The number of aliphatic imine (C=N–C) groups is 1. The zero-order valence-corrected chi connectivity index (χ0v) is 23.5. The fraction of sp³-hybridized carbons (Fsp3) is 0.308. The monoisotopic (exact) mass is 614 g/mol. The molecule has 18 heteroatoms. The van der Waals surface area contributed by atoms with Crippen molar-refractivity contribution in [2.75, 3.05) is 13.1 Å². The summed E-state index contributed by atoms with van der Waals surface area (Å²) in [6.07, 6.45) is -3.22. The number of carbonyl (C=O) groups excluding carboxylic acids is 5. The van der Waals surface area contributed by atoms with Crippen LogP contribution in [0.4, 0.5) is 25.8 Å². The summed E-state index contributed by atoms with van der Waals surface area (Å²) >= 11 is 0. The molecule has 0 unspecified atom stereocenters. The van der Waals surface area contributed by atoms with E-state index in [-0.39, 0.29) is 35.6 Å². The van der Waals surface area contributed by atoms with Gasteiger partial charge >= 0.3 is 30.2 Å². The number of nitro groups is 2. The van der Waals surface area contributed by atoms with Gasteiger partial charge in [0, 0.05) is 43.4 Å². The maximum Gasteiger partial charge on any atom is 0.444 e. The normalized spacial score (nSPS) is 14.7. The minimum Gasteiger partial charge on any atom is -0.444 e. The molecular weight excluding hydrogens is 588 g/mol. The highest BCUT2D eigenvalue weighted by atomic mass is 16.6. The van der Waals surface area contributed by atoms with Crippen molar-refractivity contribution in [2.45, 2.75) is 38.8 Å². The van der Waals surface area contributed by atoms with Gasteiger partial charge in [-0.05, 0) is 51.5 Å². The molecule has 1 atom stereocenters. The van der Waals surface area contributed by atoms with Crippen molar-refractivity contribution in [3.8, 4) is 0 Å². The first-order chi connectivity index (χ1) is 20.6. The number of nitrogens with zero attached hydrogens (tertiary/aromatic N) is 4. The Balaban J connectivity index is 1.72. The number of carbonyl (C=O) groups is 5. The number of rotatable bonds is 5. The van der Waals surface area contributed by atoms with E-state index in [1.54, 1.807) is 20.8 Å². The lowest BCUT2D eigenvalue weighted by molar-refractivity contribution is -0.385. The lowest BCUT2D eigenvalue weighted by Crippen LogP contribution is -2.48. The van der Waals surface area contributed by atoms with Crippen molar-refractivity contribution in [2.24, 2.45) is 4.99 Å². The van der Waals surface area contributed by atoms with Crippen LogP contribution in [-0.2, 0) is 14.2 Å². The number of alkyl carbamates (subject to hydrolysis) is 1. The number of nitro benzene ring substituents is 2. The van der Waals surface area contributed by atoms with Crippen molar-refractivity contribution in [3.05, 3.63) is 79.9 Å². The van der Waals surface area contributed by atoms with E-state index in [9.17, 15) is 44.2 Å². The van der Waals surface area contributed by atoms with Crippen molar-refractivity contribution in [1.82, 2.24) is 15.5 Å². The molecule has 1 aliphatic heterocycles. The Morgan fingerprint density at radius 1 is 0.864 bits per heavy atom. The van der Waals surface area contributed by atoms with E-state index in [0.717, 1.165) is 48.5 Å². The number of ether oxygens (including phenoxy) is 3. The molecule has 0 radical (unpaired) electrons. The average molecular weight is 615 g/mol.